The number of nitrogens with zero attached hydrogens (tertiary/aromatic N) is 2. The molecule has 1 amide bonds. The zero-order valence-electron chi connectivity index (χ0n) is 12.2. The number of hydrogen-bond donors (Lipinski definition) is 1. The van der Waals surface area contributed by atoms with Crippen LogP contribution in [-0.4, -0.2) is 35.7 Å². The summed E-state index contributed by atoms with van der Waals surface area (Å²) in [5.41, 5.74) is 1.04. The second-order valence-corrected chi connectivity index (χ2v) is 5.09. The van der Waals surface area contributed by atoms with E-state index in [0.29, 0.717) is 11.4 Å². The minimum atomic E-state index is -0.626. The van der Waals surface area contributed by atoms with Crippen molar-refractivity contribution in [2.24, 2.45) is 0 Å². The topological polar surface area (TPSA) is 90.4 Å². The number of nitrogens with one attached hydrogen (secondary N) is 1. The van der Waals surface area contributed by atoms with E-state index in [2.05, 4.69) is 19.6 Å². The zero-order chi connectivity index (χ0) is 15.9. The zero-order valence-corrected chi connectivity index (χ0v) is 13.0. The van der Waals surface area contributed by atoms with Crippen molar-refractivity contribution in [1.82, 2.24) is 9.59 Å². The molecule has 0 atom stereocenters. The Hall–Kier alpha value is -2.48. The van der Waals surface area contributed by atoms with Gasteiger partial charge in [-0.15, -0.1) is 5.10 Å². The Morgan fingerprint density at radius 2 is 1.95 bits per heavy atom. The monoisotopic (exact) mass is 321 g/mol. The van der Waals surface area contributed by atoms with Crippen LogP contribution in [0.2, 0.25) is 0 Å². The number of carbonyl (C=O) groups excluding carboxylic acids is 2. The Kier molecular flexibility index (Phi) is 5.42. The van der Waals surface area contributed by atoms with Crippen LogP contribution in [0, 0.1) is 0 Å². The van der Waals surface area contributed by atoms with Gasteiger partial charge in [0.05, 0.1) is 14.2 Å². The van der Waals surface area contributed by atoms with E-state index in [9.17, 15) is 9.59 Å². The van der Waals surface area contributed by atoms with Crippen molar-refractivity contribution in [3.63, 3.8) is 0 Å². The van der Waals surface area contributed by atoms with E-state index >= 15 is 0 Å². The number of methoxy groups -OCH3 is 2. The lowest BCUT2D eigenvalue weighted by Crippen LogP contribution is -2.14. The molecule has 1 N–H and O–H groups in total. The van der Waals surface area contributed by atoms with Crippen molar-refractivity contribution in [3.8, 4) is 5.75 Å². The van der Waals surface area contributed by atoms with Crippen LogP contribution in [0.5, 0.6) is 5.75 Å². The molecule has 1 aromatic carbocycles. The van der Waals surface area contributed by atoms with Gasteiger partial charge >= 0.3 is 5.97 Å². The van der Waals surface area contributed by atoms with Crippen molar-refractivity contribution in [2.45, 2.75) is 12.8 Å². The second-order valence-electron chi connectivity index (χ2n) is 4.34. The lowest BCUT2D eigenvalue weighted by molar-refractivity contribution is -0.116. The van der Waals surface area contributed by atoms with Crippen LogP contribution < -0.4 is 10.1 Å². The van der Waals surface area contributed by atoms with E-state index < -0.39 is 5.97 Å². The van der Waals surface area contributed by atoms with E-state index in [1.54, 1.807) is 7.11 Å². The highest BCUT2D eigenvalue weighted by Gasteiger charge is 2.18. The molecule has 0 aliphatic rings. The van der Waals surface area contributed by atoms with Gasteiger partial charge in [0, 0.05) is 18.0 Å². The third-order valence-electron chi connectivity index (χ3n) is 2.92. The van der Waals surface area contributed by atoms with E-state index in [1.807, 2.05) is 24.3 Å². The standard InChI is InChI=1S/C14H15N3O4S/c1-20-10-6-3-9(4-7-10)5-8-11(18)15-13-12(14(19)21-2)16-17-22-13/h3-4,6-7H,5,8H2,1-2H3,(H,15,18). The van der Waals surface area contributed by atoms with Crippen LogP contribution in [0.1, 0.15) is 22.5 Å². The molecule has 0 spiro atoms. The van der Waals surface area contributed by atoms with Crippen molar-refractivity contribution < 1.29 is 19.1 Å². The second kappa shape index (κ2) is 7.51. The summed E-state index contributed by atoms with van der Waals surface area (Å²) in [6, 6.07) is 7.49. The van der Waals surface area contributed by atoms with Crippen LogP contribution in [0.15, 0.2) is 24.3 Å². The Morgan fingerprint density at radius 3 is 2.59 bits per heavy atom. The number of esters is 1. The van der Waals surface area contributed by atoms with Gasteiger partial charge < -0.3 is 14.8 Å². The summed E-state index contributed by atoms with van der Waals surface area (Å²) in [6.45, 7) is 0. The molecule has 1 aromatic heterocycles. The Labute approximate surface area is 131 Å². The number of benzene rings is 1. The summed E-state index contributed by atoms with van der Waals surface area (Å²) in [5.74, 6) is -0.0714. The largest absolute Gasteiger partial charge is 0.497 e. The lowest BCUT2D eigenvalue weighted by Gasteiger charge is -2.05. The molecule has 22 heavy (non-hydrogen) atoms. The number of anilines is 1. The van der Waals surface area contributed by atoms with Crippen LogP contribution in [0.3, 0.4) is 0 Å². The van der Waals surface area contributed by atoms with Crippen molar-refractivity contribution in [2.75, 3.05) is 19.5 Å². The van der Waals surface area contributed by atoms with Crippen LogP contribution in [0.4, 0.5) is 5.00 Å². The van der Waals surface area contributed by atoms with E-state index in [0.717, 1.165) is 22.8 Å². The molecule has 0 fully saturated rings. The van der Waals surface area contributed by atoms with E-state index in [-0.39, 0.29) is 18.0 Å². The van der Waals surface area contributed by atoms with E-state index in [1.165, 1.54) is 7.11 Å². The summed E-state index contributed by atoms with van der Waals surface area (Å²) in [4.78, 5) is 23.4. The molecule has 2 aromatic rings. The van der Waals surface area contributed by atoms with Crippen molar-refractivity contribution in [3.05, 3.63) is 35.5 Å². The van der Waals surface area contributed by atoms with Crippen molar-refractivity contribution >= 4 is 28.4 Å². The average Bonchev–Trinajstić information content (AvgIpc) is 3.00. The SMILES string of the molecule is COC(=O)c1nnsc1NC(=O)CCc1ccc(OC)cc1. The van der Waals surface area contributed by atoms with Gasteiger partial charge in [-0.3, -0.25) is 4.79 Å². The molecule has 0 bridgehead atoms. The fourth-order valence-corrected chi connectivity index (χ4v) is 2.32. The van der Waals surface area contributed by atoms with Gasteiger partial charge in [0.15, 0.2) is 5.00 Å². The highest BCUT2D eigenvalue weighted by Crippen LogP contribution is 2.19. The van der Waals surface area contributed by atoms with Gasteiger partial charge in [-0.1, -0.05) is 16.6 Å². The first kappa shape index (κ1) is 15.9. The van der Waals surface area contributed by atoms with Crippen LogP contribution in [-0.2, 0) is 16.0 Å². The number of amides is 1. The normalized spacial score (nSPS) is 10.1. The summed E-state index contributed by atoms with van der Waals surface area (Å²) < 4.78 is 13.3. The molecule has 0 radical (unpaired) electrons. The number of hydrogen-bond acceptors (Lipinski definition) is 7. The number of aromatic nitrogens is 2. The third kappa shape index (κ3) is 4.01. The minimum absolute atomic E-state index is 0.0188. The minimum Gasteiger partial charge on any atom is -0.497 e. The molecule has 0 unspecified atom stereocenters. The van der Waals surface area contributed by atoms with Gasteiger partial charge in [-0.05, 0) is 24.1 Å². The number of aryl methyl sites for hydroxylation is 1. The fourth-order valence-electron chi connectivity index (χ4n) is 1.74. The molecule has 0 aliphatic carbocycles. The number of ether oxygens (including phenoxy) is 2. The Balaban J connectivity index is 1.90. The van der Waals surface area contributed by atoms with Crippen molar-refractivity contribution in [1.29, 1.82) is 0 Å². The molecular weight excluding hydrogens is 306 g/mol. The predicted octanol–water partition coefficient (Wildman–Crippen LogP) is 1.90. The molecule has 1 heterocycles. The lowest BCUT2D eigenvalue weighted by atomic mass is 10.1. The highest BCUT2D eigenvalue weighted by molar-refractivity contribution is 7.10. The summed E-state index contributed by atoms with van der Waals surface area (Å²) in [5, 5.41) is 6.57. The summed E-state index contributed by atoms with van der Waals surface area (Å²) in [6.07, 6.45) is 0.862. The first-order chi connectivity index (χ1) is 10.6. The fraction of sp³-hybridized carbons (Fsp3) is 0.286. The van der Waals surface area contributed by atoms with Gasteiger partial charge in [0.25, 0.3) is 0 Å². The van der Waals surface area contributed by atoms with Gasteiger partial charge in [0.2, 0.25) is 11.6 Å². The first-order valence-corrected chi connectivity index (χ1v) is 7.25. The summed E-state index contributed by atoms with van der Waals surface area (Å²) in [7, 11) is 2.85. The molecular formula is C14H15N3O4S. The first-order valence-electron chi connectivity index (χ1n) is 6.47. The molecule has 116 valence electrons. The highest BCUT2D eigenvalue weighted by atomic mass is 32.1. The average molecular weight is 321 g/mol. The maximum Gasteiger partial charge on any atom is 0.361 e. The number of rotatable bonds is 6. The smallest absolute Gasteiger partial charge is 0.361 e. The van der Waals surface area contributed by atoms with Gasteiger partial charge in [0.1, 0.15) is 5.75 Å². The summed E-state index contributed by atoms with van der Waals surface area (Å²) >= 11 is 0.938. The van der Waals surface area contributed by atoms with E-state index in [4.69, 9.17) is 4.74 Å². The molecule has 0 aliphatic heterocycles. The molecule has 8 heteroatoms. The molecule has 7 nitrogen and oxygen atoms in total. The maximum atomic E-state index is 11.9. The quantitative estimate of drug-likeness (QED) is 0.817. The molecule has 2 rings (SSSR count). The number of carbonyl (C=O) groups is 2. The van der Waals surface area contributed by atoms with Crippen LogP contribution in [0.25, 0.3) is 0 Å². The van der Waals surface area contributed by atoms with Gasteiger partial charge in [-0.25, -0.2) is 4.79 Å². The predicted molar refractivity (Wildman–Crippen MR) is 81.2 cm³/mol. The molecule has 0 saturated heterocycles. The Bertz CT molecular complexity index is 654. The maximum absolute atomic E-state index is 11.9. The van der Waals surface area contributed by atoms with Crippen LogP contribution >= 0.6 is 11.5 Å². The third-order valence-corrected chi connectivity index (χ3v) is 3.56. The molecule has 0 saturated carbocycles. The Morgan fingerprint density at radius 1 is 1.23 bits per heavy atom. The van der Waals surface area contributed by atoms with Gasteiger partial charge in [-0.2, -0.15) is 0 Å².